The van der Waals surface area contributed by atoms with Gasteiger partial charge in [-0.3, -0.25) is 0 Å². The first kappa shape index (κ1) is 32.2. The van der Waals surface area contributed by atoms with Crippen molar-refractivity contribution in [1.82, 2.24) is 18.7 Å². The van der Waals surface area contributed by atoms with Crippen molar-refractivity contribution >= 4 is 87.1 Å². The van der Waals surface area contributed by atoms with Crippen LogP contribution in [0.1, 0.15) is 0 Å². The minimum absolute atomic E-state index is 0.986. The third kappa shape index (κ3) is 4.51. The molecular formula is C55H34N4. The lowest BCUT2D eigenvalue weighted by Crippen LogP contribution is -2.01. The summed E-state index contributed by atoms with van der Waals surface area (Å²) >= 11 is 0. The first-order chi connectivity index (χ1) is 29.3. The van der Waals surface area contributed by atoms with Gasteiger partial charge in [0, 0.05) is 71.1 Å². The fourth-order valence-electron chi connectivity index (χ4n) is 9.96. The lowest BCUT2D eigenvalue weighted by Gasteiger charge is -2.16. The van der Waals surface area contributed by atoms with Crippen LogP contribution in [0.2, 0.25) is 0 Å². The monoisotopic (exact) mass is 750 g/mol. The van der Waals surface area contributed by atoms with Gasteiger partial charge in [-0.25, -0.2) is 4.98 Å². The highest BCUT2D eigenvalue weighted by Crippen LogP contribution is 2.44. The van der Waals surface area contributed by atoms with E-state index in [-0.39, 0.29) is 0 Å². The molecule has 13 rings (SSSR count). The van der Waals surface area contributed by atoms with Gasteiger partial charge in [-0.15, -0.1) is 0 Å². The zero-order valence-electron chi connectivity index (χ0n) is 31.9. The molecule has 0 aliphatic rings. The number of pyridine rings is 1. The van der Waals surface area contributed by atoms with Crippen LogP contribution >= 0.6 is 0 Å². The first-order valence-corrected chi connectivity index (χ1v) is 20.2. The number of hydrogen-bond donors (Lipinski definition) is 0. The maximum absolute atomic E-state index is 5.30. The molecule has 0 saturated carbocycles. The molecule has 4 aromatic heterocycles. The van der Waals surface area contributed by atoms with E-state index in [0.717, 1.165) is 44.6 Å². The summed E-state index contributed by atoms with van der Waals surface area (Å²) in [5.74, 6) is 0. The Morgan fingerprint density at radius 3 is 1.31 bits per heavy atom. The number of nitrogens with zero attached hydrogens (tertiary/aromatic N) is 4. The van der Waals surface area contributed by atoms with Crippen LogP contribution in [0, 0.1) is 0 Å². The highest BCUT2D eigenvalue weighted by atomic mass is 15.1. The van der Waals surface area contributed by atoms with Crippen molar-refractivity contribution in [3.05, 3.63) is 206 Å². The molecular weight excluding hydrogens is 717 g/mol. The third-order valence-electron chi connectivity index (χ3n) is 12.4. The van der Waals surface area contributed by atoms with Gasteiger partial charge in [-0.1, -0.05) is 152 Å². The van der Waals surface area contributed by atoms with E-state index in [2.05, 4.69) is 220 Å². The van der Waals surface area contributed by atoms with Crippen molar-refractivity contribution in [3.8, 4) is 28.3 Å². The van der Waals surface area contributed by atoms with Gasteiger partial charge in [-0.05, 0) is 54.6 Å². The van der Waals surface area contributed by atoms with E-state index in [0.29, 0.717) is 0 Å². The van der Waals surface area contributed by atoms with Crippen molar-refractivity contribution in [3.63, 3.8) is 0 Å². The summed E-state index contributed by atoms with van der Waals surface area (Å²) in [6, 6.07) is 74.8. The summed E-state index contributed by atoms with van der Waals surface area (Å²) < 4.78 is 7.44. The molecule has 0 radical (unpaired) electrons. The second-order valence-electron chi connectivity index (χ2n) is 15.5. The third-order valence-corrected chi connectivity index (χ3v) is 12.4. The van der Waals surface area contributed by atoms with Gasteiger partial charge >= 0.3 is 0 Å². The van der Waals surface area contributed by atoms with E-state index in [1.165, 1.54) is 70.8 Å². The predicted molar refractivity (Wildman–Crippen MR) is 248 cm³/mol. The second-order valence-corrected chi connectivity index (χ2v) is 15.5. The van der Waals surface area contributed by atoms with Crippen molar-refractivity contribution in [1.29, 1.82) is 0 Å². The van der Waals surface area contributed by atoms with Gasteiger partial charge in [0.1, 0.15) is 0 Å². The lowest BCUT2D eigenvalue weighted by atomic mass is 9.97. The van der Waals surface area contributed by atoms with Crippen molar-refractivity contribution in [2.45, 2.75) is 0 Å². The molecule has 0 aliphatic carbocycles. The van der Waals surface area contributed by atoms with Gasteiger partial charge in [0.15, 0.2) is 0 Å². The number of benzene rings is 9. The van der Waals surface area contributed by atoms with E-state index >= 15 is 0 Å². The average molecular weight is 751 g/mol. The average Bonchev–Trinajstić information content (AvgIpc) is 3.95. The maximum atomic E-state index is 5.30. The van der Waals surface area contributed by atoms with Crippen molar-refractivity contribution in [2.75, 3.05) is 0 Å². The minimum Gasteiger partial charge on any atom is -0.309 e. The summed E-state index contributed by atoms with van der Waals surface area (Å²) in [5, 5.41) is 10.9. The van der Waals surface area contributed by atoms with E-state index in [9.17, 15) is 0 Å². The van der Waals surface area contributed by atoms with Gasteiger partial charge < -0.3 is 13.7 Å². The minimum atomic E-state index is 0.986. The van der Waals surface area contributed by atoms with Crippen molar-refractivity contribution in [2.24, 2.45) is 0 Å². The van der Waals surface area contributed by atoms with Crippen LogP contribution in [0.15, 0.2) is 206 Å². The Bertz CT molecular complexity index is 3830. The molecule has 0 aliphatic heterocycles. The molecule has 4 heteroatoms. The SMILES string of the molecule is c1ccc(-c2nc3ccccc3c3c2ccc2c4ccccc4n(-c4cccc(-n5c6ccccc6c6ccc7c8ccccc8n(-c8ccccc8)c7c65)c4)c23)cc1. The van der Waals surface area contributed by atoms with Crippen LogP contribution in [0.3, 0.4) is 0 Å². The van der Waals surface area contributed by atoms with Gasteiger partial charge in [0.25, 0.3) is 0 Å². The standard InChI is InChI=1S/C55H34N4/c1-3-16-35(17-4-1)52-46-33-32-42-39-22-8-13-28-49(39)58(53(42)51(46)45-25-7-11-26-47(45)56-52)37-20-15-21-38(34-37)59-50-29-14-10-24-41(50)44-31-30-43-40-23-9-12-27-48(40)57(54(43)55(44)59)36-18-5-2-6-19-36/h1-34H. The topological polar surface area (TPSA) is 27.7 Å². The van der Waals surface area contributed by atoms with E-state index in [1.54, 1.807) is 0 Å². The summed E-state index contributed by atoms with van der Waals surface area (Å²) in [7, 11) is 0. The molecule has 0 fully saturated rings. The molecule has 0 spiro atoms. The Morgan fingerprint density at radius 2 is 0.712 bits per heavy atom. The van der Waals surface area contributed by atoms with Crippen LogP contribution in [-0.2, 0) is 0 Å². The molecule has 0 saturated heterocycles. The molecule has 274 valence electrons. The number of para-hydroxylation sites is 5. The van der Waals surface area contributed by atoms with Gasteiger partial charge in [-0.2, -0.15) is 0 Å². The molecule has 13 aromatic rings. The summed E-state index contributed by atoms with van der Waals surface area (Å²) in [6.45, 7) is 0. The Balaban J connectivity index is 1.17. The number of aromatic nitrogens is 4. The van der Waals surface area contributed by atoms with Crippen LogP contribution in [0.25, 0.3) is 115 Å². The maximum Gasteiger partial charge on any atom is 0.0788 e. The summed E-state index contributed by atoms with van der Waals surface area (Å²) in [4.78, 5) is 5.30. The van der Waals surface area contributed by atoms with Crippen LogP contribution in [0.5, 0.6) is 0 Å². The largest absolute Gasteiger partial charge is 0.309 e. The molecule has 0 N–H and O–H groups in total. The Labute approximate surface area is 339 Å². The zero-order chi connectivity index (χ0) is 38.6. The molecule has 4 heterocycles. The normalized spacial score (nSPS) is 12.1. The molecule has 0 bridgehead atoms. The molecule has 0 unspecified atom stereocenters. The number of hydrogen-bond acceptors (Lipinski definition) is 1. The van der Waals surface area contributed by atoms with Crippen molar-refractivity contribution < 1.29 is 0 Å². The van der Waals surface area contributed by atoms with Gasteiger partial charge in [0.2, 0.25) is 0 Å². The Kier molecular flexibility index (Phi) is 6.69. The molecule has 9 aromatic carbocycles. The Morgan fingerprint density at radius 1 is 0.288 bits per heavy atom. The fraction of sp³-hybridized carbons (Fsp3) is 0. The van der Waals surface area contributed by atoms with Crippen LogP contribution in [0.4, 0.5) is 0 Å². The predicted octanol–water partition coefficient (Wildman–Crippen LogP) is 14.3. The fourth-order valence-corrected chi connectivity index (χ4v) is 9.96. The molecule has 59 heavy (non-hydrogen) atoms. The smallest absolute Gasteiger partial charge is 0.0788 e. The number of rotatable bonds is 4. The number of fused-ring (bicyclic) bond motifs is 14. The Hall–Kier alpha value is -7.95. The lowest BCUT2D eigenvalue weighted by molar-refractivity contribution is 1.13. The van der Waals surface area contributed by atoms with E-state index in [1.807, 2.05) is 0 Å². The van der Waals surface area contributed by atoms with Gasteiger partial charge in [0.05, 0.1) is 44.3 Å². The van der Waals surface area contributed by atoms with Crippen LogP contribution < -0.4 is 0 Å². The second kappa shape index (κ2) is 12.3. The highest BCUT2D eigenvalue weighted by Gasteiger charge is 2.23. The first-order valence-electron chi connectivity index (χ1n) is 20.2. The van der Waals surface area contributed by atoms with E-state index in [4.69, 9.17) is 4.98 Å². The van der Waals surface area contributed by atoms with E-state index < -0.39 is 0 Å². The molecule has 0 amide bonds. The summed E-state index contributed by atoms with van der Waals surface area (Å²) in [6.07, 6.45) is 0. The molecule has 0 atom stereocenters. The quantitative estimate of drug-likeness (QED) is 0.165. The highest BCUT2D eigenvalue weighted by molar-refractivity contribution is 6.27. The molecule has 4 nitrogen and oxygen atoms in total. The zero-order valence-corrected chi connectivity index (χ0v) is 31.9. The summed E-state index contributed by atoms with van der Waals surface area (Å²) in [5.41, 5.74) is 13.6. The van der Waals surface area contributed by atoms with Crippen LogP contribution in [-0.4, -0.2) is 18.7 Å².